The van der Waals surface area contributed by atoms with Gasteiger partial charge in [0.05, 0.1) is 30.6 Å². The summed E-state index contributed by atoms with van der Waals surface area (Å²) in [6.45, 7) is 6.62. The number of anilines is 1. The van der Waals surface area contributed by atoms with Gasteiger partial charge in [0, 0.05) is 37.7 Å². The highest BCUT2D eigenvalue weighted by Crippen LogP contribution is 2.41. The highest BCUT2D eigenvalue weighted by Gasteiger charge is 2.34. The van der Waals surface area contributed by atoms with E-state index in [0.717, 1.165) is 28.2 Å². The Morgan fingerprint density at radius 1 is 1.15 bits per heavy atom. The van der Waals surface area contributed by atoms with Crippen molar-refractivity contribution in [3.05, 3.63) is 59.6 Å². The number of nitrogens with zero attached hydrogens (tertiary/aromatic N) is 6. The summed E-state index contributed by atoms with van der Waals surface area (Å²) in [7, 11) is 5.20. The number of fused-ring (bicyclic) bond motifs is 1. The van der Waals surface area contributed by atoms with Crippen LogP contribution in [0.15, 0.2) is 64.6 Å². The molecule has 0 radical (unpaired) electrons. The molecule has 0 bridgehead atoms. The van der Waals surface area contributed by atoms with Crippen molar-refractivity contribution < 1.29 is 9.47 Å². The number of hydrogen-bond donors (Lipinski definition) is 2. The van der Waals surface area contributed by atoms with Crippen LogP contribution in [0.2, 0.25) is 0 Å². The number of guanidine groups is 1. The second kappa shape index (κ2) is 8.28. The zero-order valence-corrected chi connectivity index (χ0v) is 19.8. The minimum Gasteiger partial charge on any atom is -0.495 e. The van der Waals surface area contributed by atoms with Crippen molar-refractivity contribution in [1.29, 1.82) is 0 Å². The number of allylic oxidation sites excluding steroid dienone is 1. The summed E-state index contributed by atoms with van der Waals surface area (Å²) in [5.74, 6) is 2.17. The van der Waals surface area contributed by atoms with Gasteiger partial charge >= 0.3 is 0 Å². The molecule has 0 spiro atoms. The third-order valence-electron chi connectivity index (χ3n) is 5.85. The first-order valence-corrected chi connectivity index (χ1v) is 10.5. The molecule has 174 valence electrons. The number of benzene rings is 1. The van der Waals surface area contributed by atoms with Gasteiger partial charge in [-0.05, 0) is 44.5 Å². The van der Waals surface area contributed by atoms with Crippen molar-refractivity contribution in [2.75, 3.05) is 25.7 Å². The normalized spacial score (nSPS) is 16.4. The van der Waals surface area contributed by atoms with E-state index in [1.54, 1.807) is 26.7 Å². The van der Waals surface area contributed by atoms with Gasteiger partial charge in [-0.1, -0.05) is 0 Å². The summed E-state index contributed by atoms with van der Waals surface area (Å²) in [6, 6.07) is 5.77. The number of hydrogen-bond acceptors (Lipinski definition) is 9. The predicted octanol–water partition coefficient (Wildman–Crippen LogP) is 2.28. The molecule has 10 heteroatoms. The zero-order chi connectivity index (χ0) is 23.9. The standard InChI is InChI=1S/C23H30N8O2/c1-14-11-30(12-23(2,3)33-6)20(24)19-16(14)10-26-22(25)31(19)17-8-7-15(9-18(17)32-5)21-28-27-13-29(21)4/h7-11,13H,12,24H2,1-6H3,(H2,25,26). The molecule has 10 nitrogen and oxygen atoms in total. The largest absolute Gasteiger partial charge is 0.495 e. The number of aliphatic imine (C=N–C) groups is 1. The lowest BCUT2D eigenvalue weighted by molar-refractivity contribution is 0.00690. The van der Waals surface area contributed by atoms with E-state index in [9.17, 15) is 0 Å². The SMILES string of the molecule is COc1cc(-c2nncn2C)ccc1N1C(N)=NC=C2C(C)=CN(CC(C)(C)OC)C(N)=C21. The predicted molar refractivity (Wildman–Crippen MR) is 128 cm³/mol. The molecule has 2 aromatic rings. The van der Waals surface area contributed by atoms with Crippen LogP contribution in [0.3, 0.4) is 0 Å². The minimum atomic E-state index is -0.405. The second-order valence-corrected chi connectivity index (χ2v) is 8.66. The van der Waals surface area contributed by atoms with Crippen molar-refractivity contribution in [3.8, 4) is 17.1 Å². The number of rotatable bonds is 6. The monoisotopic (exact) mass is 450 g/mol. The van der Waals surface area contributed by atoms with Crippen LogP contribution in [0.25, 0.3) is 11.4 Å². The van der Waals surface area contributed by atoms with Crippen LogP contribution in [0, 0.1) is 0 Å². The van der Waals surface area contributed by atoms with Crippen LogP contribution in [0.4, 0.5) is 5.69 Å². The Kier molecular flexibility index (Phi) is 5.62. The quantitative estimate of drug-likeness (QED) is 0.688. The summed E-state index contributed by atoms with van der Waals surface area (Å²) in [4.78, 5) is 8.25. The van der Waals surface area contributed by atoms with E-state index >= 15 is 0 Å². The number of methoxy groups -OCH3 is 2. The third kappa shape index (κ3) is 3.93. The molecule has 0 saturated heterocycles. The third-order valence-corrected chi connectivity index (χ3v) is 5.85. The van der Waals surface area contributed by atoms with Crippen LogP contribution < -0.4 is 21.1 Å². The molecule has 2 aliphatic heterocycles. The van der Waals surface area contributed by atoms with Gasteiger partial charge in [-0.2, -0.15) is 0 Å². The van der Waals surface area contributed by atoms with E-state index in [1.165, 1.54) is 0 Å². The van der Waals surface area contributed by atoms with Crippen molar-refractivity contribution >= 4 is 11.6 Å². The average Bonchev–Trinajstić information content (AvgIpc) is 3.22. The fourth-order valence-corrected chi connectivity index (χ4v) is 3.93. The first kappa shape index (κ1) is 22.4. The molecule has 3 heterocycles. The van der Waals surface area contributed by atoms with E-state index in [4.69, 9.17) is 20.9 Å². The van der Waals surface area contributed by atoms with E-state index in [0.29, 0.717) is 29.8 Å². The Balaban J connectivity index is 1.83. The van der Waals surface area contributed by atoms with E-state index < -0.39 is 5.60 Å². The second-order valence-electron chi connectivity index (χ2n) is 8.66. The lowest BCUT2D eigenvalue weighted by Gasteiger charge is -2.40. The lowest BCUT2D eigenvalue weighted by atomic mass is 9.98. The van der Waals surface area contributed by atoms with Crippen LogP contribution in [0.1, 0.15) is 20.8 Å². The highest BCUT2D eigenvalue weighted by molar-refractivity contribution is 6.02. The summed E-state index contributed by atoms with van der Waals surface area (Å²) in [5.41, 5.74) is 17.0. The number of aryl methyl sites for hydroxylation is 1. The molecule has 33 heavy (non-hydrogen) atoms. The minimum absolute atomic E-state index is 0.294. The molecule has 0 atom stereocenters. The lowest BCUT2D eigenvalue weighted by Crippen LogP contribution is -2.46. The number of ether oxygens (including phenoxy) is 2. The molecule has 4 rings (SSSR count). The molecule has 0 amide bonds. The van der Waals surface area contributed by atoms with Crippen molar-refractivity contribution in [1.82, 2.24) is 19.7 Å². The van der Waals surface area contributed by atoms with Gasteiger partial charge in [-0.25, -0.2) is 4.99 Å². The van der Waals surface area contributed by atoms with Crippen LogP contribution in [-0.4, -0.2) is 52.0 Å². The zero-order valence-electron chi connectivity index (χ0n) is 19.8. The van der Waals surface area contributed by atoms with Gasteiger partial charge in [-0.3, -0.25) is 4.90 Å². The summed E-state index contributed by atoms with van der Waals surface area (Å²) >= 11 is 0. The molecule has 0 fully saturated rings. The van der Waals surface area contributed by atoms with E-state index in [2.05, 4.69) is 15.2 Å². The Morgan fingerprint density at radius 3 is 2.55 bits per heavy atom. The van der Waals surface area contributed by atoms with Gasteiger partial charge in [0.2, 0.25) is 5.96 Å². The smallest absolute Gasteiger partial charge is 0.205 e. The van der Waals surface area contributed by atoms with Crippen molar-refractivity contribution in [3.63, 3.8) is 0 Å². The van der Waals surface area contributed by atoms with Crippen LogP contribution in [0.5, 0.6) is 5.75 Å². The fourth-order valence-electron chi connectivity index (χ4n) is 3.93. The van der Waals surface area contributed by atoms with Gasteiger partial charge in [0.15, 0.2) is 5.82 Å². The number of aromatic nitrogens is 3. The Labute approximate surface area is 193 Å². The van der Waals surface area contributed by atoms with E-state index in [1.807, 2.05) is 66.6 Å². The molecule has 4 N–H and O–H groups in total. The first-order valence-electron chi connectivity index (χ1n) is 10.5. The first-order chi connectivity index (χ1) is 15.7. The van der Waals surface area contributed by atoms with Crippen LogP contribution >= 0.6 is 0 Å². The molecule has 0 unspecified atom stereocenters. The van der Waals surface area contributed by atoms with Crippen molar-refractivity contribution in [2.45, 2.75) is 26.4 Å². The molecule has 0 saturated carbocycles. The molecule has 1 aromatic carbocycles. The summed E-state index contributed by atoms with van der Waals surface area (Å²) < 4.78 is 13.2. The van der Waals surface area contributed by atoms with Gasteiger partial charge in [-0.15, -0.1) is 10.2 Å². The summed E-state index contributed by atoms with van der Waals surface area (Å²) in [6.07, 6.45) is 5.41. The maximum absolute atomic E-state index is 6.72. The maximum atomic E-state index is 6.72. The topological polar surface area (TPSA) is 120 Å². The molecular weight excluding hydrogens is 420 g/mol. The Bertz CT molecular complexity index is 1200. The molecular formula is C23H30N8O2. The highest BCUT2D eigenvalue weighted by atomic mass is 16.5. The van der Waals surface area contributed by atoms with Gasteiger partial charge in [0.25, 0.3) is 0 Å². The molecule has 1 aromatic heterocycles. The van der Waals surface area contributed by atoms with Gasteiger partial charge < -0.3 is 30.4 Å². The Morgan fingerprint density at radius 2 is 1.91 bits per heavy atom. The maximum Gasteiger partial charge on any atom is 0.205 e. The van der Waals surface area contributed by atoms with Crippen molar-refractivity contribution in [2.24, 2.45) is 23.5 Å². The van der Waals surface area contributed by atoms with Gasteiger partial charge in [0.1, 0.15) is 17.9 Å². The van der Waals surface area contributed by atoms with Crippen LogP contribution in [-0.2, 0) is 11.8 Å². The van der Waals surface area contributed by atoms with E-state index in [-0.39, 0.29) is 0 Å². The summed E-state index contributed by atoms with van der Waals surface area (Å²) in [5, 5.41) is 8.15. The number of nitrogens with two attached hydrogens (primary N) is 2. The Hall–Kier alpha value is -3.79. The molecule has 2 aliphatic rings. The average molecular weight is 451 g/mol. The fraction of sp³-hybridized carbons (Fsp3) is 0.348. The molecule has 0 aliphatic carbocycles.